The van der Waals surface area contributed by atoms with Gasteiger partial charge in [-0.2, -0.15) is 0 Å². The molecule has 3 heteroatoms. The van der Waals surface area contributed by atoms with Crippen LogP contribution in [0.25, 0.3) is 5.57 Å². The van der Waals surface area contributed by atoms with Crippen LogP contribution in [0, 0.1) is 5.92 Å². The van der Waals surface area contributed by atoms with Gasteiger partial charge in [0, 0.05) is 11.1 Å². The molecule has 1 rings (SSSR count). The number of allylic oxidation sites excluding steroid dienone is 1. The van der Waals surface area contributed by atoms with E-state index in [-0.39, 0.29) is 5.92 Å². The van der Waals surface area contributed by atoms with Crippen LogP contribution < -0.4 is 0 Å². The average molecular weight is 225 g/mol. The summed E-state index contributed by atoms with van der Waals surface area (Å²) in [5.74, 6) is -0.754. The minimum Gasteiger partial charge on any atom is -0.478 e. The molecule has 0 saturated carbocycles. The van der Waals surface area contributed by atoms with Gasteiger partial charge < -0.3 is 5.11 Å². The maximum atomic E-state index is 10.7. The molecule has 0 spiro atoms. The molecule has 0 aliphatic carbocycles. The lowest BCUT2D eigenvalue weighted by Crippen LogP contribution is -1.98. The number of carboxylic acids is 1. The zero-order valence-electron chi connectivity index (χ0n) is 8.70. The van der Waals surface area contributed by atoms with Crippen LogP contribution >= 0.6 is 11.6 Å². The first-order chi connectivity index (χ1) is 7.00. The lowest BCUT2D eigenvalue weighted by Gasteiger charge is -2.10. The number of carbonyl (C=O) groups is 1. The third-order valence-corrected chi connectivity index (χ3v) is 2.33. The fourth-order valence-corrected chi connectivity index (χ4v) is 1.48. The third kappa shape index (κ3) is 3.40. The number of hydrogen-bond acceptors (Lipinski definition) is 1. The van der Waals surface area contributed by atoms with E-state index in [9.17, 15) is 4.79 Å². The fraction of sp³-hybridized carbons (Fsp3) is 0.250. The Kier molecular flexibility index (Phi) is 3.92. The Bertz CT molecular complexity index is 377. The molecule has 0 heterocycles. The van der Waals surface area contributed by atoms with Gasteiger partial charge in [0.15, 0.2) is 0 Å². The molecule has 0 bridgehead atoms. The second-order valence-corrected chi connectivity index (χ2v) is 4.04. The number of rotatable bonds is 3. The van der Waals surface area contributed by atoms with Crippen molar-refractivity contribution in [2.75, 3.05) is 0 Å². The van der Waals surface area contributed by atoms with E-state index in [2.05, 4.69) is 0 Å². The first-order valence-corrected chi connectivity index (χ1v) is 5.09. The van der Waals surface area contributed by atoms with Gasteiger partial charge in [-0.3, -0.25) is 0 Å². The van der Waals surface area contributed by atoms with E-state index in [0.29, 0.717) is 5.02 Å². The number of hydrogen-bond donors (Lipinski definition) is 1. The Morgan fingerprint density at radius 1 is 1.33 bits per heavy atom. The Morgan fingerprint density at radius 2 is 1.87 bits per heavy atom. The van der Waals surface area contributed by atoms with Gasteiger partial charge in [-0.05, 0) is 29.2 Å². The summed E-state index contributed by atoms with van der Waals surface area (Å²) >= 11 is 5.77. The zero-order valence-corrected chi connectivity index (χ0v) is 9.45. The van der Waals surface area contributed by atoms with Crippen LogP contribution in [0.1, 0.15) is 19.4 Å². The summed E-state index contributed by atoms with van der Waals surface area (Å²) < 4.78 is 0. The number of benzene rings is 1. The van der Waals surface area contributed by atoms with Crippen molar-refractivity contribution in [2.24, 2.45) is 5.92 Å². The van der Waals surface area contributed by atoms with Gasteiger partial charge in [-0.15, -0.1) is 0 Å². The van der Waals surface area contributed by atoms with Crippen LogP contribution in [0.3, 0.4) is 0 Å². The van der Waals surface area contributed by atoms with Crippen molar-refractivity contribution in [1.82, 2.24) is 0 Å². The molecule has 0 aliphatic rings. The van der Waals surface area contributed by atoms with E-state index in [1.54, 1.807) is 12.1 Å². The fourth-order valence-electron chi connectivity index (χ4n) is 1.36. The average Bonchev–Trinajstić information content (AvgIpc) is 2.15. The predicted octanol–water partition coefficient (Wildman–Crippen LogP) is 3.46. The first-order valence-electron chi connectivity index (χ1n) is 4.71. The Balaban J connectivity index is 3.10. The van der Waals surface area contributed by atoms with Crippen LogP contribution in [0.4, 0.5) is 0 Å². The van der Waals surface area contributed by atoms with Crippen molar-refractivity contribution in [3.63, 3.8) is 0 Å². The number of aliphatic carboxylic acids is 1. The second-order valence-electron chi connectivity index (χ2n) is 3.60. The molecule has 80 valence electrons. The van der Waals surface area contributed by atoms with E-state index < -0.39 is 5.97 Å². The Morgan fingerprint density at radius 3 is 2.27 bits per heavy atom. The standard InChI is InChI=1S/C12H13ClO2/c1-8(2)11(7-12(14)15)9-3-5-10(13)6-4-9/h3-8H,1-2H3,(H,14,15)/b11-7-. The molecule has 15 heavy (non-hydrogen) atoms. The highest BCUT2D eigenvalue weighted by Crippen LogP contribution is 2.24. The highest BCUT2D eigenvalue weighted by Gasteiger charge is 2.08. The van der Waals surface area contributed by atoms with E-state index in [4.69, 9.17) is 16.7 Å². The second kappa shape index (κ2) is 4.99. The molecule has 0 atom stereocenters. The molecule has 1 aromatic carbocycles. The molecular weight excluding hydrogens is 212 g/mol. The lowest BCUT2D eigenvalue weighted by molar-refractivity contribution is -0.131. The van der Waals surface area contributed by atoms with E-state index in [1.165, 1.54) is 6.08 Å². The van der Waals surface area contributed by atoms with Crippen molar-refractivity contribution in [3.8, 4) is 0 Å². The molecule has 1 N–H and O–H groups in total. The van der Waals surface area contributed by atoms with Gasteiger partial charge in [-0.1, -0.05) is 37.6 Å². The van der Waals surface area contributed by atoms with Gasteiger partial charge >= 0.3 is 5.97 Å². The molecule has 0 saturated heterocycles. The monoisotopic (exact) mass is 224 g/mol. The lowest BCUT2D eigenvalue weighted by atomic mass is 9.95. The molecule has 2 nitrogen and oxygen atoms in total. The first kappa shape index (κ1) is 11.8. The maximum Gasteiger partial charge on any atom is 0.328 e. The smallest absolute Gasteiger partial charge is 0.328 e. The predicted molar refractivity (Wildman–Crippen MR) is 61.9 cm³/mol. The molecule has 0 fully saturated rings. The van der Waals surface area contributed by atoms with Crippen LogP contribution in [-0.4, -0.2) is 11.1 Å². The highest BCUT2D eigenvalue weighted by atomic mass is 35.5. The SMILES string of the molecule is CC(C)/C(=C/C(=O)O)c1ccc(Cl)cc1. The van der Waals surface area contributed by atoms with E-state index in [1.807, 2.05) is 26.0 Å². The van der Waals surface area contributed by atoms with Crippen LogP contribution in [0.2, 0.25) is 5.02 Å². The van der Waals surface area contributed by atoms with Gasteiger partial charge in [0.25, 0.3) is 0 Å². The summed E-state index contributed by atoms with van der Waals surface area (Å²) in [6.07, 6.45) is 1.24. The molecule has 1 aromatic rings. The van der Waals surface area contributed by atoms with Crippen molar-refractivity contribution in [3.05, 3.63) is 40.9 Å². The number of halogens is 1. The quantitative estimate of drug-likeness (QED) is 0.799. The largest absolute Gasteiger partial charge is 0.478 e. The minimum atomic E-state index is -0.923. The van der Waals surface area contributed by atoms with E-state index >= 15 is 0 Å². The van der Waals surface area contributed by atoms with Crippen LogP contribution in [0.15, 0.2) is 30.3 Å². The van der Waals surface area contributed by atoms with Crippen molar-refractivity contribution >= 4 is 23.1 Å². The molecule has 0 aliphatic heterocycles. The normalized spacial score (nSPS) is 11.9. The zero-order chi connectivity index (χ0) is 11.4. The summed E-state index contributed by atoms with van der Waals surface area (Å²) in [6, 6.07) is 7.18. The van der Waals surface area contributed by atoms with Crippen molar-refractivity contribution < 1.29 is 9.90 Å². The molecule has 0 aromatic heterocycles. The van der Waals surface area contributed by atoms with Crippen LogP contribution in [0.5, 0.6) is 0 Å². The van der Waals surface area contributed by atoms with Gasteiger partial charge in [0.2, 0.25) is 0 Å². The number of carboxylic acid groups (broad SMARTS) is 1. The third-order valence-electron chi connectivity index (χ3n) is 2.08. The summed E-state index contributed by atoms with van der Waals surface area (Å²) in [6.45, 7) is 3.92. The topological polar surface area (TPSA) is 37.3 Å². The van der Waals surface area contributed by atoms with Crippen molar-refractivity contribution in [2.45, 2.75) is 13.8 Å². The Hall–Kier alpha value is -1.28. The molecule has 0 radical (unpaired) electrons. The summed E-state index contributed by atoms with van der Waals surface area (Å²) in [5.41, 5.74) is 1.70. The molecule has 0 unspecified atom stereocenters. The minimum absolute atomic E-state index is 0.169. The summed E-state index contributed by atoms with van der Waals surface area (Å²) in [4.78, 5) is 10.7. The summed E-state index contributed by atoms with van der Waals surface area (Å²) in [7, 11) is 0. The maximum absolute atomic E-state index is 10.7. The van der Waals surface area contributed by atoms with Gasteiger partial charge in [0.1, 0.15) is 0 Å². The summed E-state index contributed by atoms with van der Waals surface area (Å²) in [5, 5.41) is 9.40. The van der Waals surface area contributed by atoms with Gasteiger partial charge in [-0.25, -0.2) is 4.79 Å². The molecule has 0 amide bonds. The molecular formula is C12H13ClO2. The van der Waals surface area contributed by atoms with Gasteiger partial charge in [0.05, 0.1) is 0 Å². The van der Waals surface area contributed by atoms with Crippen LogP contribution in [-0.2, 0) is 4.79 Å². The van der Waals surface area contributed by atoms with Crippen molar-refractivity contribution in [1.29, 1.82) is 0 Å². The highest BCUT2D eigenvalue weighted by molar-refractivity contribution is 6.30. The Labute approximate surface area is 94.2 Å². The van der Waals surface area contributed by atoms with E-state index in [0.717, 1.165) is 11.1 Å².